The zero-order valence-electron chi connectivity index (χ0n) is 16.4. The third-order valence-electron chi connectivity index (χ3n) is 6.46. The van der Waals surface area contributed by atoms with Gasteiger partial charge in [0.25, 0.3) is 0 Å². The van der Waals surface area contributed by atoms with E-state index in [0.717, 1.165) is 46.3 Å². The van der Waals surface area contributed by atoms with Gasteiger partial charge in [-0.3, -0.25) is 4.99 Å². The van der Waals surface area contributed by atoms with Crippen molar-refractivity contribution in [2.45, 2.75) is 44.6 Å². The number of hydrogen-bond donors (Lipinski definition) is 0. The minimum Gasteiger partial charge on any atom is -0.481 e. The number of nitrogens with zero attached hydrogens (tertiary/aromatic N) is 3. The molecule has 4 rings (SSSR count). The second-order valence-electron chi connectivity index (χ2n) is 7.86. The van der Waals surface area contributed by atoms with E-state index in [1.807, 2.05) is 19.1 Å². The number of hydrogen-bond acceptors (Lipinski definition) is 4. The first-order valence-corrected chi connectivity index (χ1v) is 10.2. The fraction of sp³-hybridized carbons (Fsp3) is 0.435. The Hall–Kier alpha value is -2.38. The Bertz CT molecular complexity index is 1020. The molecular formula is C23H24ClN3O. The molecule has 4 atom stereocenters. The van der Waals surface area contributed by atoms with Gasteiger partial charge in [0.1, 0.15) is 0 Å². The average Bonchev–Trinajstić information content (AvgIpc) is 3.17. The SMILES string of the molecule is CCc1cc2ccc([C@](C)(C#N)[C@H]3CCC4C(Cl)=CC=NC43)cc2nc1OC. The molecule has 2 heterocycles. The van der Waals surface area contributed by atoms with Gasteiger partial charge in [-0.2, -0.15) is 5.26 Å². The number of methoxy groups -OCH3 is 1. The van der Waals surface area contributed by atoms with Gasteiger partial charge in [0.15, 0.2) is 0 Å². The second-order valence-corrected chi connectivity index (χ2v) is 8.30. The standard InChI is InChI=1S/C23H24ClN3O/c1-4-14-11-15-5-6-16(12-20(15)27-22(14)28-3)23(2,13-25)18-8-7-17-19(24)9-10-26-21(17)18/h5-6,9-12,17-18,21H,4,7-8H2,1-3H3/t17?,18-,21?,23-/m0/s1. The predicted octanol–water partition coefficient (Wildman–Crippen LogP) is 5.19. The van der Waals surface area contributed by atoms with Crippen LogP contribution in [0.15, 0.2) is 40.4 Å². The number of aromatic nitrogens is 1. The third-order valence-corrected chi connectivity index (χ3v) is 6.87. The van der Waals surface area contributed by atoms with Crippen LogP contribution in [0.2, 0.25) is 0 Å². The summed E-state index contributed by atoms with van der Waals surface area (Å²) in [5.41, 5.74) is 2.26. The van der Waals surface area contributed by atoms with E-state index in [1.165, 1.54) is 0 Å². The number of aliphatic imine (C=N–C) groups is 1. The first-order chi connectivity index (χ1) is 13.5. The Kier molecular flexibility index (Phi) is 4.89. The lowest BCUT2D eigenvalue weighted by Gasteiger charge is -2.34. The fourth-order valence-corrected chi connectivity index (χ4v) is 5.06. The number of allylic oxidation sites excluding steroid dienone is 1. The highest BCUT2D eigenvalue weighted by Gasteiger charge is 2.49. The molecule has 28 heavy (non-hydrogen) atoms. The van der Waals surface area contributed by atoms with Gasteiger partial charge in [0.05, 0.1) is 30.2 Å². The Morgan fingerprint density at radius 2 is 2.14 bits per heavy atom. The zero-order chi connectivity index (χ0) is 19.9. The van der Waals surface area contributed by atoms with Crippen molar-refractivity contribution in [2.24, 2.45) is 16.8 Å². The van der Waals surface area contributed by atoms with Crippen LogP contribution in [0.25, 0.3) is 10.9 Å². The maximum absolute atomic E-state index is 10.2. The Morgan fingerprint density at radius 1 is 1.32 bits per heavy atom. The molecule has 0 N–H and O–H groups in total. The first kappa shape index (κ1) is 19.0. The molecule has 1 fully saturated rings. The molecule has 1 aliphatic carbocycles. The van der Waals surface area contributed by atoms with E-state index < -0.39 is 5.41 Å². The largest absolute Gasteiger partial charge is 0.481 e. The Balaban J connectivity index is 1.77. The number of fused-ring (bicyclic) bond motifs is 2. The van der Waals surface area contributed by atoms with Gasteiger partial charge in [0.2, 0.25) is 5.88 Å². The summed E-state index contributed by atoms with van der Waals surface area (Å²) < 4.78 is 5.46. The maximum atomic E-state index is 10.2. The molecule has 0 bridgehead atoms. The van der Waals surface area contributed by atoms with Gasteiger partial charge in [-0.1, -0.05) is 30.7 Å². The second kappa shape index (κ2) is 7.22. The van der Waals surface area contributed by atoms with Gasteiger partial charge >= 0.3 is 0 Å². The van der Waals surface area contributed by atoms with E-state index in [-0.39, 0.29) is 17.9 Å². The number of dihydropyridines is 1. The molecule has 4 nitrogen and oxygen atoms in total. The smallest absolute Gasteiger partial charge is 0.216 e. The van der Waals surface area contributed by atoms with Gasteiger partial charge < -0.3 is 4.74 Å². The van der Waals surface area contributed by atoms with Crippen molar-refractivity contribution in [2.75, 3.05) is 7.11 Å². The normalized spacial score (nSPS) is 25.7. The molecule has 2 aliphatic rings. The molecule has 2 aromatic rings. The van der Waals surface area contributed by atoms with Crippen molar-refractivity contribution in [3.8, 4) is 11.9 Å². The number of pyridine rings is 1. The van der Waals surface area contributed by atoms with E-state index in [4.69, 9.17) is 26.3 Å². The number of aryl methyl sites for hydroxylation is 1. The number of halogens is 1. The highest BCUT2D eigenvalue weighted by Crippen LogP contribution is 2.49. The van der Waals surface area contributed by atoms with Gasteiger partial charge in [0, 0.05) is 34.0 Å². The quantitative estimate of drug-likeness (QED) is 0.718. The van der Waals surface area contributed by atoms with Crippen molar-refractivity contribution < 1.29 is 4.74 Å². The molecule has 1 aliphatic heterocycles. The van der Waals surface area contributed by atoms with Crippen molar-refractivity contribution in [3.05, 3.63) is 46.5 Å². The Morgan fingerprint density at radius 3 is 2.86 bits per heavy atom. The van der Waals surface area contributed by atoms with Crippen LogP contribution in [0.5, 0.6) is 5.88 Å². The van der Waals surface area contributed by atoms with E-state index in [0.29, 0.717) is 5.88 Å². The summed E-state index contributed by atoms with van der Waals surface area (Å²) in [6.45, 7) is 4.12. The van der Waals surface area contributed by atoms with Crippen molar-refractivity contribution in [1.29, 1.82) is 5.26 Å². The van der Waals surface area contributed by atoms with Crippen LogP contribution in [0.4, 0.5) is 0 Å². The molecule has 1 aromatic carbocycles. The molecule has 5 heteroatoms. The van der Waals surface area contributed by atoms with Crippen LogP contribution >= 0.6 is 11.6 Å². The highest BCUT2D eigenvalue weighted by molar-refractivity contribution is 6.31. The van der Waals surface area contributed by atoms with Crippen LogP contribution < -0.4 is 4.74 Å². The summed E-state index contributed by atoms with van der Waals surface area (Å²) in [6.07, 6.45) is 6.44. The molecule has 2 unspecified atom stereocenters. The molecule has 0 amide bonds. The highest BCUT2D eigenvalue weighted by atomic mass is 35.5. The molecule has 0 radical (unpaired) electrons. The average molecular weight is 394 g/mol. The molecular weight excluding hydrogens is 370 g/mol. The van der Waals surface area contributed by atoms with E-state index in [9.17, 15) is 5.26 Å². The number of nitriles is 1. The van der Waals surface area contributed by atoms with Crippen LogP contribution in [0.1, 0.15) is 37.8 Å². The summed E-state index contributed by atoms with van der Waals surface area (Å²) in [7, 11) is 1.65. The topological polar surface area (TPSA) is 58.3 Å². The number of benzene rings is 1. The maximum Gasteiger partial charge on any atom is 0.216 e. The predicted molar refractivity (Wildman–Crippen MR) is 113 cm³/mol. The molecule has 1 aromatic heterocycles. The van der Waals surface area contributed by atoms with Crippen LogP contribution in [0, 0.1) is 23.2 Å². The lowest BCUT2D eigenvalue weighted by atomic mass is 9.69. The molecule has 0 spiro atoms. The van der Waals surface area contributed by atoms with Gasteiger partial charge in [-0.25, -0.2) is 4.98 Å². The van der Waals surface area contributed by atoms with Crippen LogP contribution in [-0.4, -0.2) is 24.4 Å². The lowest BCUT2D eigenvalue weighted by Crippen LogP contribution is -2.37. The van der Waals surface area contributed by atoms with Crippen LogP contribution in [0.3, 0.4) is 0 Å². The lowest BCUT2D eigenvalue weighted by molar-refractivity contribution is 0.327. The summed E-state index contributed by atoms with van der Waals surface area (Å²) in [4.78, 5) is 9.40. The monoisotopic (exact) mass is 393 g/mol. The van der Waals surface area contributed by atoms with Crippen molar-refractivity contribution in [3.63, 3.8) is 0 Å². The van der Waals surface area contributed by atoms with Crippen molar-refractivity contribution in [1.82, 2.24) is 4.98 Å². The summed E-state index contributed by atoms with van der Waals surface area (Å²) in [5.74, 6) is 1.01. The molecule has 1 saturated carbocycles. The van der Waals surface area contributed by atoms with Gasteiger partial charge in [-0.15, -0.1) is 0 Å². The molecule has 0 saturated heterocycles. The fourth-order valence-electron chi connectivity index (χ4n) is 4.77. The third kappa shape index (κ3) is 2.89. The summed E-state index contributed by atoms with van der Waals surface area (Å²) >= 11 is 6.43. The van der Waals surface area contributed by atoms with Crippen molar-refractivity contribution >= 4 is 28.7 Å². The van der Waals surface area contributed by atoms with Gasteiger partial charge in [-0.05, 0) is 50.0 Å². The van der Waals surface area contributed by atoms with E-state index in [2.05, 4.69) is 31.2 Å². The Labute approximate surface area is 170 Å². The molecule has 144 valence electrons. The minimum atomic E-state index is -0.655. The van der Waals surface area contributed by atoms with Crippen LogP contribution in [-0.2, 0) is 11.8 Å². The minimum absolute atomic E-state index is 0.0582. The number of ether oxygens (including phenoxy) is 1. The van der Waals surface area contributed by atoms with E-state index >= 15 is 0 Å². The first-order valence-electron chi connectivity index (χ1n) is 9.80. The number of rotatable bonds is 4. The van der Waals surface area contributed by atoms with E-state index in [1.54, 1.807) is 13.3 Å². The zero-order valence-corrected chi connectivity index (χ0v) is 17.2. The summed E-state index contributed by atoms with van der Waals surface area (Å²) in [6, 6.07) is 11.0. The summed E-state index contributed by atoms with van der Waals surface area (Å²) in [5, 5.41) is 12.1.